The Bertz CT molecular complexity index is 649. The third kappa shape index (κ3) is 4.09. The average molecular weight is 282 g/mol. The molecule has 21 heavy (non-hydrogen) atoms. The number of aryl methyl sites for hydroxylation is 3. The van der Waals surface area contributed by atoms with Crippen LogP contribution >= 0.6 is 0 Å². The van der Waals surface area contributed by atoms with Gasteiger partial charge in [0.05, 0.1) is 6.04 Å². The van der Waals surface area contributed by atoms with Crippen LogP contribution in [0.3, 0.4) is 0 Å². The lowest BCUT2D eigenvalue weighted by molar-refractivity contribution is 0.249. The van der Waals surface area contributed by atoms with Crippen molar-refractivity contribution in [2.24, 2.45) is 0 Å². The van der Waals surface area contributed by atoms with Crippen molar-refractivity contribution in [3.8, 4) is 0 Å². The van der Waals surface area contributed by atoms with Crippen LogP contribution in [0.4, 0.5) is 10.5 Å². The van der Waals surface area contributed by atoms with Gasteiger partial charge in [-0.2, -0.15) is 0 Å². The van der Waals surface area contributed by atoms with Gasteiger partial charge in [0.25, 0.3) is 0 Å². The average Bonchev–Trinajstić information content (AvgIpc) is 2.38. The van der Waals surface area contributed by atoms with E-state index in [0.29, 0.717) is 0 Å². The van der Waals surface area contributed by atoms with E-state index >= 15 is 0 Å². The lowest BCUT2D eigenvalue weighted by Gasteiger charge is -2.17. The Morgan fingerprint density at radius 3 is 2.38 bits per heavy atom. The summed E-state index contributed by atoms with van der Waals surface area (Å²) in [7, 11) is 0. The Morgan fingerprint density at radius 2 is 1.71 bits per heavy atom. The summed E-state index contributed by atoms with van der Waals surface area (Å²) in [6, 6.07) is 13.8. The maximum atomic E-state index is 12.1. The Balaban J connectivity index is 2.02. The van der Waals surface area contributed by atoms with E-state index in [2.05, 4.69) is 42.7 Å². The van der Waals surface area contributed by atoms with E-state index in [0.717, 1.165) is 16.8 Å². The summed E-state index contributed by atoms with van der Waals surface area (Å²) < 4.78 is 0. The summed E-state index contributed by atoms with van der Waals surface area (Å²) in [5, 5.41) is 5.84. The number of anilines is 1. The van der Waals surface area contributed by atoms with E-state index in [4.69, 9.17) is 0 Å². The molecular formula is C18H22N2O. The second-order valence-electron chi connectivity index (χ2n) is 5.55. The number of benzene rings is 2. The van der Waals surface area contributed by atoms with Gasteiger partial charge in [0, 0.05) is 5.69 Å². The molecule has 1 atom stereocenters. The summed E-state index contributed by atoms with van der Waals surface area (Å²) in [5.41, 5.74) is 5.49. The van der Waals surface area contributed by atoms with Gasteiger partial charge >= 0.3 is 6.03 Å². The largest absolute Gasteiger partial charge is 0.331 e. The van der Waals surface area contributed by atoms with Gasteiger partial charge in [-0.1, -0.05) is 35.9 Å². The summed E-state index contributed by atoms with van der Waals surface area (Å²) in [6.45, 7) is 8.13. The fourth-order valence-electron chi connectivity index (χ4n) is 2.48. The van der Waals surface area contributed by atoms with Crippen molar-refractivity contribution in [2.45, 2.75) is 33.7 Å². The molecule has 1 unspecified atom stereocenters. The lowest BCUT2D eigenvalue weighted by Crippen LogP contribution is -2.31. The topological polar surface area (TPSA) is 41.1 Å². The van der Waals surface area contributed by atoms with Crippen LogP contribution in [0.25, 0.3) is 0 Å². The number of carbonyl (C=O) groups excluding carboxylic acids is 1. The van der Waals surface area contributed by atoms with Crippen molar-refractivity contribution < 1.29 is 4.79 Å². The number of nitrogens with one attached hydrogen (secondary N) is 2. The minimum Gasteiger partial charge on any atom is -0.331 e. The second kappa shape index (κ2) is 6.44. The zero-order chi connectivity index (χ0) is 15.4. The third-order valence-corrected chi connectivity index (χ3v) is 3.52. The van der Waals surface area contributed by atoms with E-state index in [9.17, 15) is 4.79 Å². The molecule has 2 amide bonds. The molecule has 0 saturated heterocycles. The summed E-state index contributed by atoms with van der Waals surface area (Å²) in [4.78, 5) is 12.1. The van der Waals surface area contributed by atoms with Crippen LogP contribution in [0, 0.1) is 20.8 Å². The van der Waals surface area contributed by atoms with Crippen LogP contribution in [0.15, 0.2) is 42.5 Å². The predicted molar refractivity (Wildman–Crippen MR) is 87.7 cm³/mol. The van der Waals surface area contributed by atoms with E-state index in [1.807, 2.05) is 38.1 Å². The van der Waals surface area contributed by atoms with Crippen molar-refractivity contribution in [3.05, 3.63) is 64.7 Å². The highest BCUT2D eigenvalue weighted by Crippen LogP contribution is 2.19. The first-order valence-corrected chi connectivity index (χ1v) is 7.17. The number of urea groups is 1. The maximum absolute atomic E-state index is 12.1. The molecule has 0 heterocycles. The molecule has 0 bridgehead atoms. The van der Waals surface area contributed by atoms with Gasteiger partial charge in [-0.3, -0.25) is 0 Å². The standard InChI is InChI=1S/C18H22N2O/c1-12-6-5-7-16(11-12)20-18(21)19-15(4)17-9-8-13(2)10-14(17)3/h5-11,15H,1-4H3,(H2,19,20,21). The first-order chi connectivity index (χ1) is 9.95. The molecule has 0 fully saturated rings. The number of carbonyl (C=O) groups is 1. The highest BCUT2D eigenvalue weighted by molar-refractivity contribution is 5.89. The number of hydrogen-bond acceptors (Lipinski definition) is 1. The van der Waals surface area contributed by atoms with Gasteiger partial charge in [-0.05, 0) is 56.5 Å². The van der Waals surface area contributed by atoms with Gasteiger partial charge in [0.1, 0.15) is 0 Å². The first kappa shape index (κ1) is 15.1. The fourth-order valence-corrected chi connectivity index (χ4v) is 2.48. The molecule has 0 aliphatic heterocycles. The monoisotopic (exact) mass is 282 g/mol. The third-order valence-electron chi connectivity index (χ3n) is 3.52. The lowest BCUT2D eigenvalue weighted by atomic mass is 10.0. The summed E-state index contributed by atoms with van der Waals surface area (Å²) in [6.07, 6.45) is 0. The van der Waals surface area contributed by atoms with Crippen LogP contribution in [-0.4, -0.2) is 6.03 Å². The van der Waals surface area contributed by atoms with Gasteiger partial charge in [-0.25, -0.2) is 4.79 Å². The van der Waals surface area contributed by atoms with E-state index in [1.165, 1.54) is 11.1 Å². The highest BCUT2D eigenvalue weighted by atomic mass is 16.2. The highest BCUT2D eigenvalue weighted by Gasteiger charge is 2.11. The normalized spacial score (nSPS) is 11.8. The van der Waals surface area contributed by atoms with Gasteiger partial charge in [0.15, 0.2) is 0 Å². The van der Waals surface area contributed by atoms with Crippen molar-refractivity contribution in [3.63, 3.8) is 0 Å². The Morgan fingerprint density at radius 1 is 1.00 bits per heavy atom. The van der Waals surface area contributed by atoms with Crippen LogP contribution in [-0.2, 0) is 0 Å². The Labute approximate surface area is 126 Å². The van der Waals surface area contributed by atoms with E-state index in [-0.39, 0.29) is 12.1 Å². The number of hydrogen-bond donors (Lipinski definition) is 2. The zero-order valence-corrected chi connectivity index (χ0v) is 13.0. The SMILES string of the molecule is Cc1cccc(NC(=O)NC(C)c2ccc(C)cc2C)c1. The van der Waals surface area contributed by atoms with Gasteiger partial charge in [0.2, 0.25) is 0 Å². The molecular weight excluding hydrogens is 260 g/mol. The van der Waals surface area contributed by atoms with Crippen molar-refractivity contribution in [1.82, 2.24) is 5.32 Å². The molecule has 110 valence electrons. The second-order valence-corrected chi connectivity index (χ2v) is 5.55. The molecule has 2 aromatic rings. The van der Waals surface area contributed by atoms with Gasteiger partial charge < -0.3 is 10.6 Å². The Kier molecular flexibility index (Phi) is 4.63. The molecule has 0 aliphatic carbocycles. The predicted octanol–water partition coefficient (Wildman–Crippen LogP) is 4.49. The molecule has 3 nitrogen and oxygen atoms in total. The smallest absolute Gasteiger partial charge is 0.319 e. The quantitative estimate of drug-likeness (QED) is 0.855. The molecule has 0 spiro atoms. The zero-order valence-electron chi connectivity index (χ0n) is 13.0. The van der Waals surface area contributed by atoms with Gasteiger partial charge in [-0.15, -0.1) is 0 Å². The van der Waals surface area contributed by atoms with Crippen LogP contribution in [0.2, 0.25) is 0 Å². The maximum Gasteiger partial charge on any atom is 0.319 e. The molecule has 0 aromatic heterocycles. The molecule has 2 rings (SSSR count). The molecule has 2 N–H and O–H groups in total. The number of rotatable bonds is 3. The van der Waals surface area contributed by atoms with Crippen LogP contribution in [0.1, 0.15) is 35.2 Å². The molecule has 0 radical (unpaired) electrons. The Hall–Kier alpha value is -2.29. The first-order valence-electron chi connectivity index (χ1n) is 7.17. The molecule has 2 aromatic carbocycles. The molecule has 3 heteroatoms. The summed E-state index contributed by atoms with van der Waals surface area (Å²) >= 11 is 0. The van der Waals surface area contributed by atoms with Crippen molar-refractivity contribution in [1.29, 1.82) is 0 Å². The minimum absolute atomic E-state index is 0.0320. The van der Waals surface area contributed by atoms with Crippen LogP contribution in [0.5, 0.6) is 0 Å². The molecule has 0 saturated carbocycles. The van der Waals surface area contributed by atoms with E-state index in [1.54, 1.807) is 0 Å². The van der Waals surface area contributed by atoms with Crippen molar-refractivity contribution in [2.75, 3.05) is 5.32 Å². The molecule has 0 aliphatic rings. The summed E-state index contributed by atoms with van der Waals surface area (Å²) in [5.74, 6) is 0. The van der Waals surface area contributed by atoms with Crippen molar-refractivity contribution >= 4 is 11.7 Å². The fraction of sp³-hybridized carbons (Fsp3) is 0.278. The number of amides is 2. The van der Waals surface area contributed by atoms with E-state index < -0.39 is 0 Å². The minimum atomic E-state index is -0.187. The van der Waals surface area contributed by atoms with Crippen LogP contribution < -0.4 is 10.6 Å².